The highest BCUT2D eigenvalue weighted by atomic mass is 16.5. The number of amides is 3. The Morgan fingerprint density at radius 2 is 1.90 bits per heavy atom. The summed E-state index contributed by atoms with van der Waals surface area (Å²) in [5, 5.41) is 2.66. The molecular formula is C22H31N3O5. The third-order valence-corrected chi connectivity index (χ3v) is 5.84. The van der Waals surface area contributed by atoms with Gasteiger partial charge in [0.25, 0.3) is 0 Å². The van der Waals surface area contributed by atoms with Gasteiger partial charge in [-0.1, -0.05) is 50.6 Å². The molecule has 3 atom stereocenters. The molecule has 1 aromatic rings. The van der Waals surface area contributed by atoms with E-state index in [1.165, 1.54) is 0 Å². The highest BCUT2D eigenvalue weighted by Crippen LogP contribution is 2.24. The number of morpholine rings is 1. The lowest BCUT2D eigenvalue weighted by atomic mass is 9.96. The second-order valence-corrected chi connectivity index (χ2v) is 7.85. The number of carbonyl (C=O) groups is 3. The Morgan fingerprint density at radius 3 is 2.57 bits per heavy atom. The fraction of sp³-hybridized carbons (Fsp3) is 0.591. The third kappa shape index (κ3) is 5.30. The van der Waals surface area contributed by atoms with Crippen molar-refractivity contribution in [3.63, 3.8) is 0 Å². The summed E-state index contributed by atoms with van der Waals surface area (Å²) < 4.78 is 10.6. The summed E-state index contributed by atoms with van der Waals surface area (Å²) in [7, 11) is 0. The molecule has 0 spiro atoms. The van der Waals surface area contributed by atoms with Crippen LogP contribution in [0.1, 0.15) is 32.3 Å². The SMILES string of the molecule is CC[C@H](C)[C@@H](C(=O)N1CCOCC1)N1CC[C@H](NC(=O)OCc2ccccc2)C1=O. The quantitative estimate of drug-likeness (QED) is 0.731. The lowest BCUT2D eigenvalue weighted by molar-refractivity contribution is -0.149. The molecule has 3 amide bonds. The summed E-state index contributed by atoms with van der Waals surface area (Å²) in [6.07, 6.45) is 0.614. The topological polar surface area (TPSA) is 88.2 Å². The summed E-state index contributed by atoms with van der Waals surface area (Å²) in [6, 6.07) is 8.17. The predicted molar refractivity (Wildman–Crippen MR) is 111 cm³/mol. The number of ether oxygens (including phenoxy) is 2. The van der Waals surface area contributed by atoms with Gasteiger partial charge in [0.2, 0.25) is 11.8 Å². The number of likely N-dealkylation sites (tertiary alicyclic amines) is 1. The van der Waals surface area contributed by atoms with Crippen LogP contribution >= 0.6 is 0 Å². The average Bonchev–Trinajstić information content (AvgIpc) is 3.13. The van der Waals surface area contributed by atoms with E-state index >= 15 is 0 Å². The van der Waals surface area contributed by atoms with Crippen LogP contribution in [0.5, 0.6) is 0 Å². The van der Waals surface area contributed by atoms with E-state index in [1.807, 2.05) is 44.2 Å². The molecule has 0 radical (unpaired) electrons. The third-order valence-electron chi connectivity index (χ3n) is 5.84. The molecule has 2 aliphatic heterocycles. The van der Waals surface area contributed by atoms with E-state index in [4.69, 9.17) is 9.47 Å². The van der Waals surface area contributed by atoms with E-state index in [2.05, 4.69) is 5.32 Å². The lowest BCUT2D eigenvalue weighted by Crippen LogP contribution is -2.56. The number of rotatable bonds is 7. The van der Waals surface area contributed by atoms with Gasteiger partial charge in [0.1, 0.15) is 18.7 Å². The lowest BCUT2D eigenvalue weighted by Gasteiger charge is -2.37. The van der Waals surface area contributed by atoms with Crippen molar-refractivity contribution >= 4 is 17.9 Å². The van der Waals surface area contributed by atoms with Gasteiger partial charge in [-0.25, -0.2) is 4.79 Å². The Bertz CT molecular complexity index is 736. The van der Waals surface area contributed by atoms with Gasteiger partial charge in [0.05, 0.1) is 13.2 Å². The number of nitrogens with one attached hydrogen (secondary N) is 1. The Hall–Kier alpha value is -2.61. The number of hydrogen-bond donors (Lipinski definition) is 1. The normalized spacial score (nSPS) is 21.3. The van der Waals surface area contributed by atoms with Crippen molar-refractivity contribution in [3.8, 4) is 0 Å². The van der Waals surface area contributed by atoms with E-state index in [0.717, 1.165) is 12.0 Å². The standard InChI is InChI=1S/C22H31N3O5/c1-3-16(2)19(21(27)24-11-13-29-14-12-24)25-10-9-18(20(25)26)23-22(28)30-15-17-7-5-4-6-8-17/h4-8,16,18-19H,3,9-15H2,1-2H3,(H,23,28)/t16-,18-,19-/m0/s1. The van der Waals surface area contributed by atoms with Crippen molar-refractivity contribution in [3.05, 3.63) is 35.9 Å². The van der Waals surface area contributed by atoms with Crippen LogP contribution in [0.2, 0.25) is 0 Å². The van der Waals surface area contributed by atoms with Crippen molar-refractivity contribution in [1.82, 2.24) is 15.1 Å². The Kier molecular flexibility index (Phi) is 7.68. The maximum absolute atomic E-state index is 13.2. The zero-order valence-electron chi connectivity index (χ0n) is 17.7. The number of nitrogens with zero attached hydrogens (tertiary/aromatic N) is 2. The van der Waals surface area contributed by atoms with Crippen LogP contribution in [0.25, 0.3) is 0 Å². The Labute approximate surface area is 177 Å². The molecule has 1 aromatic carbocycles. The number of carbonyl (C=O) groups excluding carboxylic acids is 3. The van der Waals surface area contributed by atoms with Crippen molar-refractivity contribution in [1.29, 1.82) is 0 Å². The highest BCUT2D eigenvalue weighted by molar-refractivity contribution is 5.93. The molecule has 0 bridgehead atoms. The molecule has 0 unspecified atom stereocenters. The first kappa shape index (κ1) is 22.1. The van der Waals surface area contributed by atoms with Crippen LogP contribution in [0.4, 0.5) is 4.79 Å². The summed E-state index contributed by atoms with van der Waals surface area (Å²) >= 11 is 0. The van der Waals surface area contributed by atoms with Gasteiger partial charge in [-0.15, -0.1) is 0 Å². The minimum atomic E-state index is -0.669. The Balaban J connectivity index is 1.59. The molecular weight excluding hydrogens is 386 g/mol. The highest BCUT2D eigenvalue weighted by Gasteiger charge is 2.43. The fourth-order valence-corrected chi connectivity index (χ4v) is 3.90. The molecule has 2 saturated heterocycles. The first-order valence-corrected chi connectivity index (χ1v) is 10.7. The molecule has 164 valence electrons. The zero-order chi connectivity index (χ0) is 21.5. The molecule has 8 heteroatoms. The predicted octanol–water partition coefficient (Wildman–Crippen LogP) is 1.79. The average molecular weight is 418 g/mol. The van der Waals surface area contributed by atoms with Crippen molar-refractivity contribution in [2.24, 2.45) is 5.92 Å². The van der Waals surface area contributed by atoms with Gasteiger partial charge >= 0.3 is 6.09 Å². The van der Waals surface area contributed by atoms with Crippen LogP contribution in [0.3, 0.4) is 0 Å². The number of hydrogen-bond acceptors (Lipinski definition) is 5. The van der Waals surface area contributed by atoms with Gasteiger partial charge < -0.3 is 24.6 Å². The van der Waals surface area contributed by atoms with Gasteiger partial charge in [-0.3, -0.25) is 9.59 Å². The van der Waals surface area contributed by atoms with Crippen LogP contribution in [0, 0.1) is 5.92 Å². The minimum absolute atomic E-state index is 0.0214. The van der Waals surface area contributed by atoms with E-state index < -0.39 is 18.2 Å². The van der Waals surface area contributed by atoms with E-state index in [-0.39, 0.29) is 24.3 Å². The van der Waals surface area contributed by atoms with Crippen LogP contribution < -0.4 is 5.32 Å². The van der Waals surface area contributed by atoms with Crippen molar-refractivity contribution in [2.75, 3.05) is 32.8 Å². The summed E-state index contributed by atoms with van der Waals surface area (Å²) in [5.74, 6) is -0.236. The first-order chi connectivity index (χ1) is 14.5. The molecule has 30 heavy (non-hydrogen) atoms. The van der Waals surface area contributed by atoms with E-state index in [9.17, 15) is 14.4 Å². The first-order valence-electron chi connectivity index (χ1n) is 10.7. The molecule has 8 nitrogen and oxygen atoms in total. The monoisotopic (exact) mass is 417 g/mol. The van der Waals surface area contributed by atoms with E-state index in [1.54, 1.807) is 9.80 Å². The molecule has 0 saturated carbocycles. The maximum Gasteiger partial charge on any atom is 0.408 e. The number of alkyl carbamates (subject to hydrolysis) is 1. The summed E-state index contributed by atoms with van der Waals surface area (Å²) in [6.45, 7) is 6.71. The van der Waals surface area contributed by atoms with Crippen molar-refractivity contribution in [2.45, 2.75) is 45.4 Å². The second kappa shape index (κ2) is 10.4. The molecule has 3 rings (SSSR count). The molecule has 0 aliphatic carbocycles. The molecule has 2 heterocycles. The van der Waals surface area contributed by atoms with E-state index in [0.29, 0.717) is 39.3 Å². The van der Waals surface area contributed by atoms with Crippen LogP contribution in [-0.2, 0) is 25.7 Å². The van der Waals surface area contributed by atoms with Crippen LogP contribution in [-0.4, -0.2) is 72.6 Å². The van der Waals surface area contributed by atoms with Gasteiger partial charge in [0.15, 0.2) is 0 Å². The molecule has 2 aliphatic rings. The minimum Gasteiger partial charge on any atom is -0.445 e. The Morgan fingerprint density at radius 1 is 1.20 bits per heavy atom. The molecule has 0 aromatic heterocycles. The fourth-order valence-electron chi connectivity index (χ4n) is 3.90. The number of benzene rings is 1. The van der Waals surface area contributed by atoms with Gasteiger partial charge in [-0.05, 0) is 17.9 Å². The van der Waals surface area contributed by atoms with Gasteiger partial charge in [-0.2, -0.15) is 0 Å². The zero-order valence-corrected chi connectivity index (χ0v) is 17.7. The van der Waals surface area contributed by atoms with Crippen LogP contribution in [0.15, 0.2) is 30.3 Å². The maximum atomic E-state index is 13.2. The van der Waals surface area contributed by atoms with Gasteiger partial charge in [0, 0.05) is 19.6 Å². The van der Waals surface area contributed by atoms with Crippen molar-refractivity contribution < 1.29 is 23.9 Å². The summed E-state index contributed by atoms with van der Waals surface area (Å²) in [4.78, 5) is 41.8. The molecule has 2 fully saturated rings. The molecule has 1 N–H and O–H groups in total. The second-order valence-electron chi connectivity index (χ2n) is 7.85. The smallest absolute Gasteiger partial charge is 0.408 e. The largest absolute Gasteiger partial charge is 0.445 e. The summed E-state index contributed by atoms with van der Waals surface area (Å²) in [5.41, 5.74) is 0.875.